The molecule has 0 unspecified atom stereocenters. The second kappa shape index (κ2) is 3.53. The molecule has 0 amide bonds. The van der Waals surface area contributed by atoms with Crippen molar-refractivity contribution in [2.45, 2.75) is 18.2 Å². The molecule has 0 fully saturated rings. The first-order valence-electron chi connectivity index (χ1n) is 2.07. The third-order valence-corrected chi connectivity index (χ3v) is 1.25. The quantitative estimate of drug-likeness (QED) is 0.581. The lowest BCUT2D eigenvalue weighted by atomic mass is 10.3. The van der Waals surface area contributed by atoms with Gasteiger partial charge in [-0.2, -0.15) is 0 Å². The lowest BCUT2D eigenvalue weighted by molar-refractivity contribution is 0.868. The van der Waals surface area contributed by atoms with Crippen LogP contribution >= 0.6 is 23.2 Å². The summed E-state index contributed by atoms with van der Waals surface area (Å²) in [5, 5.41) is 0. The molecule has 2 N–H and O–H groups in total. The highest BCUT2D eigenvalue weighted by Gasteiger charge is 2.07. The monoisotopic (exact) mass is 140 g/mol. The van der Waals surface area contributed by atoms with Gasteiger partial charge in [-0.25, -0.2) is 0 Å². The van der Waals surface area contributed by atoms with Crippen LogP contribution in [0.2, 0.25) is 0 Å². The molecule has 0 saturated heterocycles. The third kappa shape index (κ3) is 3.15. The molecule has 0 atom stereocenters. The summed E-state index contributed by atoms with van der Waals surface area (Å²) >= 11 is 10.7. The molecule has 0 spiro atoms. The second-order valence-electron chi connectivity index (χ2n) is 1.23. The molecule has 7 heavy (non-hydrogen) atoms. The largest absolute Gasteiger partial charge is 0.321 e. The van der Waals surface area contributed by atoms with Crippen molar-refractivity contribution in [3.63, 3.8) is 0 Å². The summed E-state index contributed by atoms with van der Waals surface area (Å²) in [5.74, 6) is 0. The van der Waals surface area contributed by atoms with Crippen molar-refractivity contribution in [3.05, 3.63) is 6.04 Å². The van der Waals surface area contributed by atoms with Gasteiger partial charge in [-0.1, -0.05) is 6.92 Å². The fourth-order valence-electron chi connectivity index (χ4n) is 0.154. The highest BCUT2D eigenvalue weighted by atomic mass is 35.5. The van der Waals surface area contributed by atoms with Crippen molar-refractivity contribution in [2.24, 2.45) is 5.73 Å². The van der Waals surface area contributed by atoms with Crippen LogP contribution in [0.15, 0.2) is 0 Å². The first kappa shape index (κ1) is 7.54. The number of halogens is 2. The van der Waals surface area contributed by atoms with E-state index >= 15 is 0 Å². The SMILES string of the molecule is CC[C](N)C(Cl)Cl. The summed E-state index contributed by atoms with van der Waals surface area (Å²) in [4.78, 5) is -0.495. The Labute approximate surface area is 53.8 Å². The van der Waals surface area contributed by atoms with E-state index in [1.54, 1.807) is 0 Å². The predicted molar refractivity (Wildman–Crippen MR) is 33.2 cm³/mol. The number of hydrogen-bond donors (Lipinski definition) is 1. The van der Waals surface area contributed by atoms with Crippen LogP contribution < -0.4 is 5.73 Å². The molecule has 0 aliphatic heterocycles. The minimum atomic E-state index is -0.495. The fraction of sp³-hybridized carbons (Fsp3) is 0.750. The molecule has 0 aromatic rings. The van der Waals surface area contributed by atoms with E-state index in [0.717, 1.165) is 6.42 Å². The van der Waals surface area contributed by atoms with E-state index in [4.69, 9.17) is 28.9 Å². The van der Waals surface area contributed by atoms with Crippen molar-refractivity contribution < 1.29 is 0 Å². The molecule has 0 rings (SSSR count). The molecule has 0 bridgehead atoms. The molecular formula is C4H8Cl2N. The molecule has 0 aliphatic rings. The van der Waals surface area contributed by atoms with Gasteiger partial charge >= 0.3 is 0 Å². The molecule has 43 valence electrons. The van der Waals surface area contributed by atoms with Crippen LogP contribution in [-0.4, -0.2) is 4.84 Å². The van der Waals surface area contributed by atoms with Gasteiger partial charge in [-0.15, -0.1) is 23.2 Å². The average Bonchev–Trinajstić information content (AvgIpc) is 1.65. The van der Waals surface area contributed by atoms with E-state index in [1.807, 2.05) is 6.92 Å². The van der Waals surface area contributed by atoms with Crippen molar-refractivity contribution in [3.8, 4) is 0 Å². The summed E-state index contributed by atoms with van der Waals surface area (Å²) in [6, 6.07) is 0.628. The van der Waals surface area contributed by atoms with E-state index in [1.165, 1.54) is 0 Å². The van der Waals surface area contributed by atoms with Crippen LogP contribution in [0.25, 0.3) is 0 Å². The Morgan fingerprint density at radius 2 is 2.14 bits per heavy atom. The van der Waals surface area contributed by atoms with Crippen LogP contribution in [0.3, 0.4) is 0 Å². The highest BCUT2D eigenvalue weighted by Crippen LogP contribution is 2.13. The molecular weight excluding hydrogens is 133 g/mol. The maximum Gasteiger partial charge on any atom is 0.127 e. The molecule has 0 heterocycles. The first-order valence-corrected chi connectivity index (χ1v) is 2.95. The van der Waals surface area contributed by atoms with Gasteiger partial charge in [0.25, 0.3) is 0 Å². The molecule has 1 radical (unpaired) electrons. The van der Waals surface area contributed by atoms with E-state index in [9.17, 15) is 0 Å². The fourth-order valence-corrected chi connectivity index (χ4v) is 0.463. The van der Waals surface area contributed by atoms with Crippen molar-refractivity contribution >= 4 is 23.2 Å². The normalized spacial score (nSPS) is 11.1. The summed E-state index contributed by atoms with van der Waals surface area (Å²) in [5.41, 5.74) is 5.27. The average molecular weight is 141 g/mol. The Hall–Kier alpha value is 0.540. The molecule has 0 aromatic carbocycles. The number of rotatable bonds is 2. The summed E-state index contributed by atoms with van der Waals surface area (Å²) in [6.07, 6.45) is 0.748. The Bertz CT molecular complexity index is 47.0. The summed E-state index contributed by atoms with van der Waals surface area (Å²) in [6.45, 7) is 1.91. The van der Waals surface area contributed by atoms with Gasteiger partial charge in [0, 0.05) is 0 Å². The molecule has 1 nitrogen and oxygen atoms in total. The van der Waals surface area contributed by atoms with Gasteiger partial charge < -0.3 is 5.73 Å². The van der Waals surface area contributed by atoms with Crippen LogP contribution in [0.5, 0.6) is 0 Å². The zero-order valence-electron chi connectivity index (χ0n) is 4.12. The Morgan fingerprint density at radius 1 is 1.71 bits per heavy atom. The standard InChI is InChI=1S/C4H8Cl2N/c1-2-3(7)4(5)6/h4H,2,7H2,1H3. The first-order chi connectivity index (χ1) is 3.18. The van der Waals surface area contributed by atoms with Crippen molar-refractivity contribution in [2.75, 3.05) is 0 Å². The molecule has 0 aliphatic carbocycles. The highest BCUT2D eigenvalue weighted by molar-refractivity contribution is 6.45. The lowest BCUT2D eigenvalue weighted by Gasteiger charge is -2.05. The van der Waals surface area contributed by atoms with Crippen LogP contribution in [0, 0.1) is 6.04 Å². The zero-order chi connectivity index (χ0) is 5.86. The molecule has 0 aromatic heterocycles. The smallest absolute Gasteiger partial charge is 0.127 e. The van der Waals surface area contributed by atoms with E-state index in [2.05, 4.69) is 0 Å². The second-order valence-corrected chi connectivity index (χ2v) is 2.33. The van der Waals surface area contributed by atoms with Crippen LogP contribution in [-0.2, 0) is 0 Å². The van der Waals surface area contributed by atoms with Gasteiger partial charge in [-0.05, 0) is 6.42 Å². The molecule has 3 heteroatoms. The van der Waals surface area contributed by atoms with Gasteiger partial charge in [0.1, 0.15) is 4.84 Å². The minimum Gasteiger partial charge on any atom is -0.321 e. The number of hydrogen-bond acceptors (Lipinski definition) is 1. The van der Waals surface area contributed by atoms with E-state index in [-0.39, 0.29) is 0 Å². The Balaban J connectivity index is 3.14. The van der Waals surface area contributed by atoms with Crippen LogP contribution in [0.1, 0.15) is 13.3 Å². The zero-order valence-corrected chi connectivity index (χ0v) is 5.63. The van der Waals surface area contributed by atoms with Gasteiger partial charge in [0.2, 0.25) is 0 Å². The van der Waals surface area contributed by atoms with Crippen LogP contribution in [0.4, 0.5) is 0 Å². The molecule has 0 saturated carbocycles. The van der Waals surface area contributed by atoms with Crippen molar-refractivity contribution in [1.82, 2.24) is 0 Å². The topological polar surface area (TPSA) is 26.0 Å². The van der Waals surface area contributed by atoms with Gasteiger partial charge in [-0.3, -0.25) is 0 Å². The third-order valence-electron chi connectivity index (χ3n) is 0.689. The minimum absolute atomic E-state index is 0.495. The maximum atomic E-state index is 5.33. The van der Waals surface area contributed by atoms with E-state index in [0.29, 0.717) is 6.04 Å². The Kier molecular flexibility index (Phi) is 3.80. The van der Waals surface area contributed by atoms with Gasteiger partial charge in [0.15, 0.2) is 0 Å². The maximum absolute atomic E-state index is 5.33. The van der Waals surface area contributed by atoms with Gasteiger partial charge in [0.05, 0.1) is 6.04 Å². The van der Waals surface area contributed by atoms with Crippen molar-refractivity contribution in [1.29, 1.82) is 0 Å². The number of alkyl halides is 2. The predicted octanol–water partition coefficient (Wildman–Crippen LogP) is 1.69. The van der Waals surface area contributed by atoms with E-state index < -0.39 is 4.84 Å². The number of nitrogens with two attached hydrogens (primary N) is 1. The summed E-state index contributed by atoms with van der Waals surface area (Å²) < 4.78 is 0. The lowest BCUT2D eigenvalue weighted by Crippen LogP contribution is -2.15. The summed E-state index contributed by atoms with van der Waals surface area (Å²) in [7, 11) is 0. The Morgan fingerprint density at radius 3 is 2.14 bits per heavy atom.